The Kier molecular flexibility index (Phi) is 5.76. The van der Waals surface area contributed by atoms with Gasteiger partial charge in [0.1, 0.15) is 18.2 Å². The lowest BCUT2D eigenvalue weighted by atomic mass is 9.92. The van der Waals surface area contributed by atoms with Gasteiger partial charge < -0.3 is 15.2 Å². The number of carbonyl (C=O) groups excluding carboxylic acids is 2. The first-order chi connectivity index (χ1) is 18.0. The van der Waals surface area contributed by atoms with Crippen molar-refractivity contribution < 1.29 is 14.0 Å². The zero-order valence-corrected chi connectivity index (χ0v) is 20.1. The smallest absolute Gasteiger partial charge is 0.247 e. The Morgan fingerprint density at radius 1 is 1.16 bits per heavy atom. The molecular formula is C25H20ClFN8O2. The van der Waals surface area contributed by atoms with E-state index in [1.165, 1.54) is 23.2 Å². The van der Waals surface area contributed by atoms with Gasteiger partial charge in [-0.2, -0.15) is 4.68 Å². The van der Waals surface area contributed by atoms with E-state index >= 15 is 4.39 Å². The maximum atomic E-state index is 15.2. The number of aromatic nitrogens is 6. The van der Waals surface area contributed by atoms with Gasteiger partial charge in [0.2, 0.25) is 11.8 Å². The normalized spacial score (nSPS) is 19.0. The molecule has 10 nitrogen and oxygen atoms in total. The van der Waals surface area contributed by atoms with Crippen molar-refractivity contribution in [2.45, 2.75) is 31.3 Å². The summed E-state index contributed by atoms with van der Waals surface area (Å²) >= 11 is 6.08. The lowest BCUT2D eigenvalue weighted by molar-refractivity contribution is -0.135. The number of hydrogen-bond donors (Lipinski definition) is 2. The van der Waals surface area contributed by atoms with Crippen molar-refractivity contribution in [2.24, 2.45) is 0 Å². The molecule has 6 rings (SSSR count). The van der Waals surface area contributed by atoms with Gasteiger partial charge in [0.05, 0.1) is 10.7 Å². The fraction of sp³-hybridized carbons (Fsp3) is 0.200. The number of anilines is 1. The second kappa shape index (κ2) is 9.25. The third kappa shape index (κ3) is 4.16. The summed E-state index contributed by atoms with van der Waals surface area (Å²) in [5.74, 6) is -0.522. The van der Waals surface area contributed by atoms with Gasteiger partial charge in [0.15, 0.2) is 5.82 Å². The summed E-state index contributed by atoms with van der Waals surface area (Å²) in [7, 11) is 0. The number of H-pyrrole nitrogens is 1. The highest BCUT2D eigenvalue weighted by Crippen LogP contribution is 2.40. The fourth-order valence-corrected chi connectivity index (χ4v) is 5.21. The monoisotopic (exact) mass is 518 g/mol. The second-order valence-electron chi connectivity index (χ2n) is 8.88. The number of tetrazole rings is 1. The SMILES string of the molecule is O=C(Nc1ccc(-c2ncc[nH]2)cc1)[C@@H]1CCC2CC(c3c(-n4cnnn4)ccc(Cl)c3F)=CC(=O)N21. The Bertz CT molecular complexity index is 1500. The number of amides is 2. The number of carbonyl (C=O) groups is 2. The zero-order valence-electron chi connectivity index (χ0n) is 19.3. The molecule has 2 aliphatic rings. The van der Waals surface area contributed by atoms with Crippen molar-refractivity contribution in [3.8, 4) is 17.1 Å². The van der Waals surface area contributed by atoms with Crippen LogP contribution in [0.2, 0.25) is 5.02 Å². The fourth-order valence-electron chi connectivity index (χ4n) is 5.05. The zero-order chi connectivity index (χ0) is 25.5. The van der Waals surface area contributed by atoms with Gasteiger partial charge in [0, 0.05) is 41.3 Å². The lowest BCUT2D eigenvalue weighted by Gasteiger charge is -2.33. The van der Waals surface area contributed by atoms with Crippen LogP contribution in [0.3, 0.4) is 0 Å². The molecule has 12 heteroatoms. The summed E-state index contributed by atoms with van der Waals surface area (Å²) in [6, 6.07) is 9.46. The molecule has 4 heterocycles. The molecule has 186 valence electrons. The predicted octanol–water partition coefficient (Wildman–Crippen LogP) is 3.63. The van der Waals surface area contributed by atoms with Gasteiger partial charge in [0.25, 0.3) is 0 Å². The standard InChI is InChI=1S/C25H20ClFN8O2/c26-18-6-8-19(34-13-30-32-33-34)22(23(18)27)15-11-17-5-7-20(35(17)21(36)12-15)25(37)31-16-3-1-14(2-4-16)24-28-9-10-29-24/h1-4,6,8-10,12-13,17,20H,5,7,11H2,(H,28,29)(H,31,37)/t17?,20-/m0/s1. The molecule has 2 aliphatic heterocycles. The van der Waals surface area contributed by atoms with Crippen LogP contribution in [-0.4, -0.2) is 59.0 Å². The van der Waals surface area contributed by atoms with Gasteiger partial charge in [-0.1, -0.05) is 11.6 Å². The van der Waals surface area contributed by atoms with E-state index in [1.54, 1.807) is 35.5 Å². The number of halogens is 2. The Morgan fingerprint density at radius 2 is 2.00 bits per heavy atom. The molecule has 2 aromatic heterocycles. The maximum absolute atomic E-state index is 15.2. The highest BCUT2D eigenvalue weighted by Gasteiger charge is 2.43. The van der Waals surface area contributed by atoms with Crippen LogP contribution in [0.25, 0.3) is 22.6 Å². The molecule has 0 bridgehead atoms. The van der Waals surface area contributed by atoms with Crippen molar-refractivity contribution in [3.05, 3.63) is 77.6 Å². The third-order valence-electron chi connectivity index (χ3n) is 6.73. The molecule has 2 aromatic carbocycles. The molecule has 1 unspecified atom stereocenters. The minimum absolute atomic E-state index is 0.0654. The van der Waals surface area contributed by atoms with E-state index < -0.39 is 11.9 Å². The summed E-state index contributed by atoms with van der Waals surface area (Å²) in [6.45, 7) is 0. The quantitative estimate of drug-likeness (QED) is 0.416. The van der Waals surface area contributed by atoms with Crippen molar-refractivity contribution in [3.63, 3.8) is 0 Å². The number of hydrogen-bond acceptors (Lipinski definition) is 6. The summed E-state index contributed by atoms with van der Waals surface area (Å²) in [5, 5.41) is 13.9. The van der Waals surface area contributed by atoms with Crippen LogP contribution in [-0.2, 0) is 9.59 Å². The number of rotatable bonds is 5. The Labute approximate surface area is 215 Å². The first-order valence-electron chi connectivity index (χ1n) is 11.6. The number of aromatic amines is 1. The molecule has 4 aromatic rings. The van der Waals surface area contributed by atoms with Crippen LogP contribution in [0, 0.1) is 5.82 Å². The largest absolute Gasteiger partial charge is 0.345 e. The van der Waals surface area contributed by atoms with Gasteiger partial charge >= 0.3 is 0 Å². The highest BCUT2D eigenvalue weighted by atomic mass is 35.5. The maximum Gasteiger partial charge on any atom is 0.247 e. The van der Waals surface area contributed by atoms with Crippen molar-refractivity contribution in [1.82, 2.24) is 35.1 Å². The van der Waals surface area contributed by atoms with Crippen LogP contribution in [0.15, 0.2) is 61.2 Å². The summed E-state index contributed by atoms with van der Waals surface area (Å²) in [4.78, 5) is 35.2. The molecule has 1 saturated heterocycles. The van der Waals surface area contributed by atoms with Crippen molar-refractivity contribution in [2.75, 3.05) is 5.32 Å². The third-order valence-corrected chi connectivity index (χ3v) is 7.02. The van der Waals surface area contributed by atoms with E-state index in [2.05, 4.69) is 30.8 Å². The van der Waals surface area contributed by atoms with Crippen LogP contribution < -0.4 is 5.32 Å². The Hall–Kier alpha value is -4.38. The van der Waals surface area contributed by atoms with Crippen LogP contribution >= 0.6 is 11.6 Å². The topological polar surface area (TPSA) is 122 Å². The van der Waals surface area contributed by atoms with Crippen molar-refractivity contribution in [1.29, 1.82) is 0 Å². The molecule has 37 heavy (non-hydrogen) atoms. The highest BCUT2D eigenvalue weighted by molar-refractivity contribution is 6.31. The first kappa shape index (κ1) is 23.0. The Morgan fingerprint density at radius 3 is 2.73 bits per heavy atom. The second-order valence-corrected chi connectivity index (χ2v) is 9.29. The van der Waals surface area contributed by atoms with E-state index in [-0.39, 0.29) is 28.4 Å². The molecule has 0 spiro atoms. The van der Waals surface area contributed by atoms with Gasteiger partial charge in [-0.05, 0) is 71.7 Å². The molecule has 1 fully saturated rings. The first-order valence-corrected chi connectivity index (χ1v) is 12.0. The predicted molar refractivity (Wildman–Crippen MR) is 133 cm³/mol. The number of benzene rings is 2. The lowest BCUT2D eigenvalue weighted by Crippen LogP contribution is -2.48. The van der Waals surface area contributed by atoms with Crippen molar-refractivity contribution >= 4 is 34.7 Å². The van der Waals surface area contributed by atoms with E-state index in [0.29, 0.717) is 36.2 Å². The Balaban J connectivity index is 1.23. The molecule has 0 radical (unpaired) electrons. The van der Waals surface area contributed by atoms with Crippen LogP contribution in [0.4, 0.5) is 10.1 Å². The average Bonchev–Trinajstić information content (AvgIpc) is 3.68. The molecule has 2 atom stereocenters. The van der Waals surface area contributed by atoms with E-state index in [9.17, 15) is 9.59 Å². The minimum Gasteiger partial charge on any atom is -0.345 e. The summed E-state index contributed by atoms with van der Waals surface area (Å²) in [5.41, 5.74) is 2.56. The van der Waals surface area contributed by atoms with E-state index in [1.807, 2.05) is 12.1 Å². The minimum atomic E-state index is -0.646. The number of nitrogens with zero attached hydrogens (tertiary/aromatic N) is 6. The van der Waals surface area contributed by atoms with Crippen LogP contribution in [0.1, 0.15) is 24.8 Å². The molecule has 0 saturated carbocycles. The number of nitrogens with one attached hydrogen (secondary N) is 2. The summed E-state index contributed by atoms with van der Waals surface area (Å²) in [6.07, 6.45) is 7.63. The summed E-state index contributed by atoms with van der Waals surface area (Å²) < 4.78 is 16.6. The average molecular weight is 519 g/mol. The molecule has 2 N–H and O–H groups in total. The number of imidazole rings is 1. The van der Waals surface area contributed by atoms with E-state index in [0.717, 1.165) is 11.4 Å². The molecular weight excluding hydrogens is 499 g/mol. The molecule has 2 amide bonds. The molecule has 0 aliphatic carbocycles. The van der Waals surface area contributed by atoms with Gasteiger partial charge in [-0.25, -0.2) is 9.37 Å². The number of fused-ring (bicyclic) bond motifs is 1. The van der Waals surface area contributed by atoms with Gasteiger partial charge in [-0.3, -0.25) is 9.59 Å². The van der Waals surface area contributed by atoms with Crippen LogP contribution in [0.5, 0.6) is 0 Å². The van der Waals surface area contributed by atoms with Gasteiger partial charge in [-0.15, -0.1) is 5.10 Å². The van der Waals surface area contributed by atoms with E-state index in [4.69, 9.17) is 11.6 Å².